The van der Waals surface area contributed by atoms with Gasteiger partial charge in [-0.15, -0.1) is 0 Å². The van der Waals surface area contributed by atoms with Crippen molar-refractivity contribution < 1.29 is 9.90 Å². The molecule has 0 saturated carbocycles. The van der Waals surface area contributed by atoms with E-state index >= 15 is 0 Å². The van der Waals surface area contributed by atoms with Gasteiger partial charge >= 0.3 is 0 Å². The van der Waals surface area contributed by atoms with Gasteiger partial charge in [0, 0.05) is 12.6 Å². The van der Waals surface area contributed by atoms with E-state index in [4.69, 9.17) is 11.6 Å². The maximum Gasteiger partial charge on any atom is 0.266 e. The third-order valence-corrected chi connectivity index (χ3v) is 5.79. The van der Waals surface area contributed by atoms with Crippen molar-refractivity contribution >= 4 is 40.5 Å². The van der Waals surface area contributed by atoms with Gasteiger partial charge in [0.2, 0.25) is 0 Å². The highest BCUT2D eigenvalue weighted by molar-refractivity contribution is 8.18. The predicted octanol–water partition coefficient (Wildman–Crippen LogP) is 5.75. The first-order valence-corrected chi connectivity index (χ1v) is 10.9. The monoisotopic (exact) mass is 428 g/mol. The number of halogens is 1. The molecule has 2 aromatic carbocycles. The van der Waals surface area contributed by atoms with E-state index in [0.717, 1.165) is 30.0 Å². The van der Waals surface area contributed by atoms with Crippen molar-refractivity contribution in [1.82, 2.24) is 4.90 Å². The Kier molecular flexibility index (Phi) is 7.40. The number of benzene rings is 2. The second-order valence-corrected chi connectivity index (χ2v) is 8.64. The van der Waals surface area contributed by atoms with E-state index in [1.165, 1.54) is 23.4 Å². The number of carbonyl (C=O) groups is 1. The Morgan fingerprint density at radius 1 is 1.17 bits per heavy atom. The minimum atomic E-state index is -0.0293. The molecule has 0 atom stereocenters. The molecule has 1 fully saturated rings. The summed E-state index contributed by atoms with van der Waals surface area (Å²) in [5, 5.41) is 10.6. The van der Waals surface area contributed by atoms with Crippen LogP contribution in [0.1, 0.15) is 37.8 Å². The molecule has 1 amide bonds. The van der Waals surface area contributed by atoms with Gasteiger partial charge in [0.05, 0.1) is 9.93 Å². The third kappa shape index (κ3) is 5.87. The summed E-state index contributed by atoms with van der Waals surface area (Å²) in [5.41, 5.74) is 2.09. The predicted molar refractivity (Wildman–Crippen MR) is 122 cm³/mol. The Morgan fingerprint density at radius 2 is 1.93 bits per heavy atom. The molecule has 29 heavy (non-hydrogen) atoms. The molecule has 6 heteroatoms. The number of unbranched alkanes of at least 4 members (excludes halogenated alkanes) is 1. The summed E-state index contributed by atoms with van der Waals surface area (Å²) in [4.78, 5) is 20.0. The molecule has 3 rings (SSSR count). The molecular weight excluding hydrogens is 404 g/mol. The van der Waals surface area contributed by atoms with Crippen LogP contribution in [-0.2, 0) is 11.2 Å². The van der Waals surface area contributed by atoms with Crippen LogP contribution in [0.15, 0.2) is 58.4 Å². The number of thioether (sulfide) groups is 1. The van der Waals surface area contributed by atoms with E-state index in [9.17, 15) is 9.90 Å². The zero-order chi connectivity index (χ0) is 20.8. The molecule has 0 bridgehead atoms. The quantitative estimate of drug-likeness (QED) is 0.451. The van der Waals surface area contributed by atoms with Crippen molar-refractivity contribution in [2.45, 2.75) is 39.2 Å². The first-order chi connectivity index (χ1) is 13.9. The van der Waals surface area contributed by atoms with Crippen molar-refractivity contribution in [2.24, 2.45) is 4.99 Å². The van der Waals surface area contributed by atoms with Crippen LogP contribution in [0, 0.1) is 0 Å². The molecule has 0 aromatic heterocycles. The van der Waals surface area contributed by atoms with E-state index in [0.29, 0.717) is 11.4 Å². The van der Waals surface area contributed by atoms with Crippen LogP contribution in [0.25, 0.3) is 6.08 Å². The average Bonchev–Trinajstić information content (AvgIpc) is 2.97. The van der Waals surface area contributed by atoms with Crippen molar-refractivity contribution in [3.8, 4) is 5.75 Å². The van der Waals surface area contributed by atoms with Gasteiger partial charge in [0.1, 0.15) is 5.75 Å². The number of aryl methyl sites for hydroxylation is 1. The fourth-order valence-electron chi connectivity index (χ4n) is 3.03. The van der Waals surface area contributed by atoms with Crippen LogP contribution in [-0.4, -0.2) is 33.7 Å². The van der Waals surface area contributed by atoms with Gasteiger partial charge in [-0.1, -0.05) is 48.0 Å². The zero-order valence-corrected chi connectivity index (χ0v) is 18.2. The molecule has 1 aliphatic rings. The van der Waals surface area contributed by atoms with Crippen LogP contribution in [0.5, 0.6) is 5.75 Å². The molecule has 1 saturated heterocycles. The average molecular weight is 429 g/mol. The Balaban J connectivity index is 1.69. The van der Waals surface area contributed by atoms with Crippen LogP contribution < -0.4 is 0 Å². The lowest BCUT2D eigenvalue weighted by molar-refractivity contribution is -0.122. The Labute approximate surface area is 181 Å². The number of hydrogen-bond donors (Lipinski definition) is 1. The van der Waals surface area contributed by atoms with E-state index in [2.05, 4.69) is 29.3 Å². The minimum absolute atomic E-state index is 0.0290. The number of hydrogen-bond acceptors (Lipinski definition) is 4. The molecule has 4 nitrogen and oxygen atoms in total. The second-order valence-electron chi connectivity index (χ2n) is 7.23. The molecule has 0 radical (unpaired) electrons. The molecule has 1 N–H and O–H groups in total. The molecule has 152 valence electrons. The summed E-state index contributed by atoms with van der Waals surface area (Å²) in [6.45, 7) is 4.66. The summed E-state index contributed by atoms with van der Waals surface area (Å²) in [6.07, 6.45) is 4.73. The molecule has 0 unspecified atom stereocenters. The van der Waals surface area contributed by atoms with Gasteiger partial charge in [-0.05, 0) is 74.2 Å². The van der Waals surface area contributed by atoms with Gasteiger partial charge in [-0.25, -0.2) is 0 Å². The maximum atomic E-state index is 13.0. The number of aromatic hydroxyl groups is 1. The number of phenolic OH excluding ortho intramolecular Hbond substituents is 1. The van der Waals surface area contributed by atoms with E-state index in [1.54, 1.807) is 23.1 Å². The highest BCUT2D eigenvalue weighted by Crippen LogP contribution is 2.34. The third-order valence-electron chi connectivity index (χ3n) is 4.47. The highest BCUT2D eigenvalue weighted by atomic mass is 35.5. The molecule has 0 aliphatic carbocycles. The summed E-state index contributed by atoms with van der Waals surface area (Å²) >= 11 is 7.39. The van der Waals surface area contributed by atoms with E-state index < -0.39 is 0 Å². The Hall–Kier alpha value is -2.24. The molecule has 2 aromatic rings. The van der Waals surface area contributed by atoms with Gasteiger partial charge in [-0.2, -0.15) is 0 Å². The number of amidine groups is 1. The lowest BCUT2D eigenvalue weighted by Crippen LogP contribution is -2.30. The maximum absolute atomic E-state index is 13.0. The standard InChI is InChI=1S/C23H25ClN2O2S/c1-16(2)25-23-26(13-7-6-10-17-8-4-3-5-9-17)22(28)21(29-23)15-18-11-12-20(27)19(24)14-18/h3-5,8-9,11-12,14-16,27H,6-7,10,13H2,1-2H3/b21-15-,25-23?. The van der Waals surface area contributed by atoms with Crippen LogP contribution in [0.3, 0.4) is 0 Å². The van der Waals surface area contributed by atoms with Crippen molar-refractivity contribution in [1.29, 1.82) is 0 Å². The van der Waals surface area contributed by atoms with Gasteiger partial charge < -0.3 is 5.11 Å². The second kappa shape index (κ2) is 9.99. The van der Waals surface area contributed by atoms with E-state index in [1.807, 2.05) is 19.9 Å². The number of aliphatic imine (C=N–C) groups is 1. The zero-order valence-electron chi connectivity index (χ0n) is 16.6. The number of rotatable bonds is 7. The summed E-state index contributed by atoms with van der Waals surface area (Å²) < 4.78 is 0. The van der Waals surface area contributed by atoms with Crippen LogP contribution >= 0.6 is 23.4 Å². The first kappa shape index (κ1) is 21.5. The summed E-state index contributed by atoms with van der Waals surface area (Å²) in [5.74, 6) is -0.000344. The van der Waals surface area contributed by atoms with Gasteiger partial charge in [-0.3, -0.25) is 14.7 Å². The number of amides is 1. The van der Waals surface area contributed by atoms with Crippen LogP contribution in [0.4, 0.5) is 0 Å². The minimum Gasteiger partial charge on any atom is -0.506 e. The summed E-state index contributed by atoms with van der Waals surface area (Å²) in [6, 6.07) is 15.4. The topological polar surface area (TPSA) is 52.9 Å². The molecule has 1 aliphatic heterocycles. The van der Waals surface area contributed by atoms with E-state index in [-0.39, 0.29) is 22.7 Å². The smallest absolute Gasteiger partial charge is 0.266 e. The molecule has 1 heterocycles. The Bertz CT molecular complexity index is 926. The van der Waals surface area contributed by atoms with Crippen molar-refractivity contribution in [3.05, 3.63) is 69.6 Å². The van der Waals surface area contributed by atoms with Crippen molar-refractivity contribution in [2.75, 3.05) is 6.54 Å². The van der Waals surface area contributed by atoms with Gasteiger partial charge in [0.15, 0.2) is 5.17 Å². The highest BCUT2D eigenvalue weighted by Gasteiger charge is 2.33. The SMILES string of the molecule is CC(C)N=C1S/C(=C\c2ccc(O)c(Cl)c2)C(=O)N1CCCCc1ccccc1. The first-order valence-electron chi connectivity index (χ1n) is 9.75. The fraction of sp³-hybridized carbons (Fsp3) is 0.304. The Morgan fingerprint density at radius 3 is 2.62 bits per heavy atom. The fourth-order valence-corrected chi connectivity index (χ4v) is 4.36. The molecular formula is C23H25ClN2O2S. The van der Waals surface area contributed by atoms with Crippen molar-refractivity contribution in [3.63, 3.8) is 0 Å². The number of carbonyl (C=O) groups excluding carboxylic acids is 1. The lowest BCUT2D eigenvalue weighted by atomic mass is 10.1. The number of phenols is 1. The summed E-state index contributed by atoms with van der Waals surface area (Å²) in [7, 11) is 0. The van der Waals surface area contributed by atoms with Gasteiger partial charge in [0.25, 0.3) is 5.91 Å². The largest absolute Gasteiger partial charge is 0.506 e. The number of nitrogens with zero attached hydrogens (tertiary/aromatic N) is 2. The normalized spacial score (nSPS) is 17.1. The lowest BCUT2D eigenvalue weighted by Gasteiger charge is -2.16. The molecule has 0 spiro atoms. The van der Waals surface area contributed by atoms with Crippen LogP contribution in [0.2, 0.25) is 5.02 Å².